The molecular weight excluding hydrogens is 637 g/mol. The highest BCUT2D eigenvalue weighted by Gasteiger charge is 2.15. The summed E-state index contributed by atoms with van der Waals surface area (Å²) in [7, 11) is 0. The van der Waals surface area contributed by atoms with Gasteiger partial charge < -0.3 is 9.32 Å². The van der Waals surface area contributed by atoms with Crippen molar-refractivity contribution in [3.05, 3.63) is 182 Å². The lowest BCUT2D eigenvalue weighted by atomic mass is 10.0. The lowest BCUT2D eigenvalue weighted by molar-refractivity contribution is 0.654. The molecule has 10 rings (SSSR count). The Bertz CT molecular complexity index is 2770. The Morgan fingerprint density at radius 3 is 1.50 bits per heavy atom. The molecule has 0 amide bonds. The monoisotopic (exact) mass is 666 g/mol. The van der Waals surface area contributed by atoms with E-state index < -0.39 is 0 Å². The molecule has 0 radical (unpaired) electrons. The van der Waals surface area contributed by atoms with Crippen molar-refractivity contribution in [2.45, 2.75) is 0 Å². The predicted molar refractivity (Wildman–Crippen MR) is 213 cm³/mol. The van der Waals surface area contributed by atoms with Gasteiger partial charge in [-0.2, -0.15) is 0 Å². The molecule has 0 bridgehead atoms. The number of aromatic nitrogens is 3. The van der Waals surface area contributed by atoms with E-state index >= 15 is 0 Å². The van der Waals surface area contributed by atoms with Crippen LogP contribution in [0.25, 0.3) is 77.4 Å². The van der Waals surface area contributed by atoms with Gasteiger partial charge in [-0.05, 0) is 101 Å². The maximum atomic E-state index is 6.09. The molecule has 4 aromatic heterocycles. The fourth-order valence-corrected chi connectivity index (χ4v) is 7.09. The zero-order valence-corrected chi connectivity index (χ0v) is 28.0. The van der Waals surface area contributed by atoms with Gasteiger partial charge in [-0.1, -0.05) is 91.0 Å². The molecular formula is C47H30N4O. The molecule has 52 heavy (non-hydrogen) atoms. The number of anilines is 3. The summed E-state index contributed by atoms with van der Waals surface area (Å²) >= 11 is 0. The molecule has 0 saturated carbocycles. The highest BCUT2D eigenvalue weighted by atomic mass is 16.3. The van der Waals surface area contributed by atoms with Crippen LogP contribution in [0.1, 0.15) is 0 Å². The van der Waals surface area contributed by atoms with Crippen molar-refractivity contribution in [1.82, 2.24) is 15.0 Å². The first-order valence-corrected chi connectivity index (χ1v) is 17.3. The number of fused-ring (bicyclic) bond motifs is 5. The normalized spacial score (nSPS) is 11.5. The second-order valence-electron chi connectivity index (χ2n) is 12.9. The number of rotatable bonds is 6. The molecule has 0 atom stereocenters. The Balaban J connectivity index is 1.02. The van der Waals surface area contributed by atoms with Crippen molar-refractivity contribution >= 4 is 60.9 Å². The summed E-state index contributed by atoms with van der Waals surface area (Å²) in [6.45, 7) is 0. The molecule has 10 aromatic rings. The third-order valence-corrected chi connectivity index (χ3v) is 9.79. The topological polar surface area (TPSA) is 55.1 Å². The summed E-state index contributed by atoms with van der Waals surface area (Å²) in [5, 5.41) is 4.37. The summed E-state index contributed by atoms with van der Waals surface area (Å²) in [5.41, 5.74) is 13.1. The van der Waals surface area contributed by atoms with Crippen LogP contribution < -0.4 is 4.90 Å². The first kappa shape index (κ1) is 29.8. The Morgan fingerprint density at radius 1 is 0.404 bits per heavy atom. The molecule has 0 saturated heterocycles. The lowest BCUT2D eigenvalue weighted by Gasteiger charge is -2.26. The van der Waals surface area contributed by atoms with Gasteiger partial charge in [0.25, 0.3) is 0 Å². The summed E-state index contributed by atoms with van der Waals surface area (Å²) in [5.74, 6) is 0. The van der Waals surface area contributed by atoms with E-state index in [1.165, 1.54) is 0 Å². The van der Waals surface area contributed by atoms with Crippen LogP contribution in [0.5, 0.6) is 0 Å². The largest absolute Gasteiger partial charge is 0.438 e. The van der Waals surface area contributed by atoms with Crippen LogP contribution in [0.2, 0.25) is 0 Å². The molecule has 5 heteroatoms. The molecule has 0 aliphatic heterocycles. The van der Waals surface area contributed by atoms with Crippen molar-refractivity contribution in [3.8, 4) is 33.5 Å². The van der Waals surface area contributed by atoms with E-state index in [0.29, 0.717) is 5.71 Å². The van der Waals surface area contributed by atoms with E-state index in [1.54, 1.807) is 0 Å². The van der Waals surface area contributed by atoms with E-state index in [2.05, 4.69) is 154 Å². The van der Waals surface area contributed by atoms with Gasteiger partial charge in [0.05, 0.1) is 16.7 Å². The van der Waals surface area contributed by atoms with E-state index in [-0.39, 0.29) is 0 Å². The van der Waals surface area contributed by atoms with Gasteiger partial charge in [-0.15, -0.1) is 0 Å². The lowest BCUT2D eigenvalue weighted by Crippen LogP contribution is -2.09. The third-order valence-electron chi connectivity index (χ3n) is 9.79. The van der Waals surface area contributed by atoms with Crippen molar-refractivity contribution in [2.24, 2.45) is 0 Å². The van der Waals surface area contributed by atoms with Gasteiger partial charge in [0.2, 0.25) is 5.71 Å². The Kier molecular flexibility index (Phi) is 7.07. The molecule has 0 fully saturated rings. The van der Waals surface area contributed by atoms with Gasteiger partial charge in [-0.3, -0.25) is 9.97 Å². The van der Waals surface area contributed by atoms with E-state index in [4.69, 9.17) is 9.40 Å². The summed E-state index contributed by atoms with van der Waals surface area (Å²) in [6, 6.07) is 59.3. The Hall–Kier alpha value is -7.11. The smallest absolute Gasteiger partial charge is 0.227 e. The number of pyridine rings is 3. The van der Waals surface area contributed by atoms with E-state index in [1.807, 2.05) is 42.7 Å². The van der Waals surface area contributed by atoms with Crippen LogP contribution in [0.15, 0.2) is 187 Å². The quantitative estimate of drug-likeness (QED) is 0.177. The van der Waals surface area contributed by atoms with Crippen LogP contribution >= 0.6 is 0 Å². The second kappa shape index (κ2) is 12.3. The van der Waals surface area contributed by atoms with Crippen molar-refractivity contribution in [2.75, 3.05) is 4.90 Å². The van der Waals surface area contributed by atoms with E-state index in [0.717, 1.165) is 88.7 Å². The second-order valence-corrected chi connectivity index (χ2v) is 12.9. The maximum Gasteiger partial charge on any atom is 0.227 e. The number of hydrogen-bond donors (Lipinski definition) is 0. The highest BCUT2D eigenvalue weighted by molar-refractivity contribution is 6.04. The van der Waals surface area contributed by atoms with Gasteiger partial charge in [0.1, 0.15) is 5.58 Å². The number of nitrogens with zero attached hydrogens (tertiary/aromatic N) is 4. The molecule has 0 aliphatic rings. The number of benzene rings is 6. The molecule has 0 spiro atoms. The standard InChI is InChI=1S/C47H30N4O/c1-2-8-46-41(7-1)42-25-26-43(50-47(42)52-46)35-17-23-40(24-18-35)51(38-19-13-31(14-20-38)36-11-9-33-5-3-27-48-44(33)29-36)39-21-15-32(16-22-39)37-12-10-34-6-4-28-49-45(34)30-37/h1-30H. The van der Waals surface area contributed by atoms with Crippen LogP contribution in [0, 0.1) is 0 Å². The fraction of sp³-hybridized carbons (Fsp3) is 0. The molecule has 4 heterocycles. The molecule has 0 aliphatic carbocycles. The van der Waals surface area contributed by atoms with Gasteiger partial charge in [0, 0.05) is 56.6 Å². The van der Waals surface area contributed by atoms with Crippen molar-refractivity contribution in [3.63, 3.8) is 0 Å². The minimum absolute atomic E-state index is 0.647. The predicted octanol–water partition coefficient (Wildman–Crippen LogP) is 12.5. The summed E-state index contributed by atoms with van der Waals surface area (Å²) < 4.78 is 6.09. The van der Waals surface area contributed by atoms with Crippen molar-refractivity contribution in [1.29, 1.82) is 0 Å². The van der Waals surface area contributed by atoms with Crippen LogP contribution in [-0.4, -0.2) is 15.0 Å². The average molecular weight is 667 g/mol. The maximum absolute atomic E-state index is 6.09. The number of hydrogen-bond acceptors (Lipinski definition) is 5. The minimum atomic E-state index is 0.647. The average Bonchev–Trinajstić information content (AvgIpc) is 3.59. The van der Waals surface area contributed by atoms with Crippen LogP contribution in [-0.2, 0) is 0 Å². The fourth-order valence-electron chi connectivity index (χ4n) is 7.09. The zero-order valence-electron chi connectivity index (χ0n) is 28.0. The Morgan fingerprint density at radius 2 is 0.923 bits per heavy atom. The minimum Gasteiger partial charge on any atom is -0.438 e. The van der Waals surface area contributed by atoms with Crippen LogP contribution in [0.4, 0.5) is 17.1 Å². The first-order valence-electron chi connectivity index (χ1n) is 17.3. The van der Waals surface area contributed by atoms with Gasteiger partial charge in [-0.25, -0.2) is 4.98 Å². The van der Waals surface area contributed by atoms with E-state index in [9.17, 15) is 0 Å². The SMILES string of the molecule is c1cnc2cc(-c3ccc(N(c4ccc(-c5ccc6cccnc6c5)cc4)c4ccc(-c5ccc6c(n5)oc5ccccc56)cc4)cc3)ccc2c1. The molecule has 6 aromatic carbocycles. The van der Waals surface area contributed by atoms with Gasteiger partial charge in [0.15, 0.2) is 0 Å². The number of para-hydroxylation sites is 1. The summed E-state index contributed by atoms with van der Waals surface area (Å²) in [4.78, 5) is 16.3. The van der Waals surface area contributed by atoms with Crippen LogP contribution in [0.3, 0.4) is 0 Å². The molecule has 0 unspecified atom stereocenters. The summed E-state index contributed by atoms with van der Waals surface area (Å²) in [6.07, 6.45) is 3.68. The first-order chi connectivity index (χ1) is 25.7. The third kappa shape index (κ3) is 5.32. The Labute approximate surface area is 300 Å². The van der Waals surface area contributed by atoms with Crippen molar-refractivity contribution < 1.29 is 4.42 Å². The molecule has 5 nitrogen and oxygen atoms in total. The van der Waals surface area contributed by atoms with Gasteiger partial charge >= 0.3 is 0 Å². The zero-order chi connectivity index (χ0) is 34.4. The molecule has 0 N–H and O–H groups in total. The highest BCUT2D eigenvalue weighted by Crippen LogP contribution is 2.38. The number of furan rings is 1. The molecule has 244 valence electrons.